The van der Waals surface area contributed by atoms with E-state index in [0.717, 1.165) is 55.6 Å². The van der Waals surface area contributed by atoms with Crippen LogP contribution >= 0.6 is 0 Å². The molecule has 5 nitrogen and oxygen atoms in total. The lowest BCUT2D eigenvalue weighted by molar-refractivity contribution is -0.117. The molecule has 0 atom stereocenters. The summed E-state index contributed by atoms with van der Waals surface area (Å²) in [6.07, 6.45) is 5.37. The number of carbonyl (C=O) groups is 2. The van der Waals surface area contributed by atoms with Gasteiger partial charge in [0.15, 0.2) is 0 Å². The van der Waals surface area contributed by atoms with Crippen molar-refractivity contribution in [3.05, 3.63) is 42.0 Å². The molecule has 2 N–H and O–H groups in total. The lowest BCUT2D eigenvalue weighted by Gasteiger charge is -2.30. The SMILES string of the molecule is CC1CCN(CCCNC(=O)c2cc3ccccc3cc2NC(=O)C2CC2)CC1. The highest BCUT2D eigenvalue weighted by molar-refractivity contribution is 6.08. The first-order valence-electron chi connectivity index (χ1n) is 10.9. The van der Waals surface area contributed by atoms with E-state index in [1.807, 2.05) is 36.4 Å². The quantitative estimate of drug-likeness (QED) is 0.698. The molecule has 2 aliphatic rings. The van der Waals surface area contributed by atoms with Gasteiger partial charge in [0, 0.05) is 12.5 Å². The summed E-state index contributed by atoms with van der Waals surface area (Å²) in [5.41, 5.74) is 1.16. The van der Waals surface area contributed by atoms with Gasteiger partial charge in [-0.1, -0.05) is 31.2 Å². The number of hydrogen-bond donors (Lipinski definition) is 2. The number of fused-ring (bicyclic) bond motifs is 1. The minimum atomic E-state index is -0.117. The molecule has 2 aromatic carbocycles. The number of piperidine rings is 1. The molecular weight excluding hydrogens is 362 g/mol. The molecule has 2 aromatic rings. The maximum absolute atomic E-state index is 12.9. The molecule has 1 heterocycles. The van der Waals surface area contributed by atoms with E-state index in [-0.39, 0.29) is 17.7 Å². The average Bonchev–Trinajstić information content (AvgIpc) is 3.57. The molecule has 154 valence electrons. The number of carbonyl (C=O) groups excluding carboxylic acids is 2. The predicted octanol–water partition coefficient (Wildman–Crippen LogP) is 4.04. The summed E-state index contributed by atoms with van der Waals surface area (Å²) in [5, 5.41) is 8.06. The molecule has 2 amide bonds. The fourth-order valence-electron chi connectivity index (χ4n) is 4.00. The van der Waals surface area contributed by atoms with Crippen molar-refractivity contribution in [2.75, 3.05) is 31.5 Å². The fraction of sp³-hybridized carbons (Fsp3) is 0.500. The highest BCUT2D eigenvalue weighted by atomic mass is 16.2. The van der Waals surface area contributed by atoms with Gasteiger partial charge in [0.25, 0.3) is 5.91 Å². The van der Waals surface area contributed by atoms with Crippen LogP contribution in [0.15, 0.2) is 36.4 Å². The van der Waals surface area contributed by atoms with E-state index >= 15 is 0 Å². The predicted molar refractivity (Wildman–Crippen MR) is 117 cm³/mol. The van der Waals surface area contributed by atoms with Crippen LogP contribution in [0.5, 0.6) is 0 Å². The number of nitrogens with zero attached hydrogens (tertiary/aromatic N) is 1. The summed E-state index contributed by atoms with van der Waals surface area (Å²) in [7, 11) is 0. The smallest absolute Gasteiger partial charge is 0.253 e. The van der Waals surface area contributed by atoms with Crippen LogP contribution in [0.2, 0.25) is 0 Å². The van der Waals surface area contributed by atoms with E-state index in [4.69, 9.17) is 0 Å². The Hall–Kier alpha value is -2.40. The first-order chi connectivity index (χ1) is 14.1. The molecule has 0 bridgehead atoms. The van der Waals surface area contributed by atoms with Crippen LogP contribution in [0, 0.1) is 11.8 Å². The minimum absolute atomic E-state index is 0.0219. The number of likely N-dealkylation sites (tertiary alicyclic amines) is 1. The topological polar surface area (TPSA) is 61.4 Å². The zero-order chi connectivity index (χ0) is 20.2. The van der Waals surface area contributed by atoms with Gasteiger partial charge in [0.05, 0.1) is 11.3 Å². The van der Waals surface area contributed by atoms with E-state index in [1.165, 1.54) is 12.8 Å². The van der Waals surface area contributed by atoms with Gasteiger partial charge >= 0.3 is 0 Å². The van der Waals surface area contributed by atoms with Gasteiger partial charge < -0.3 is 15.5 Å². The second-order valence-corrected chi connectivity index (χ2v) is 8.64. The molecular formula is C24H31N3O2. The van der Waals surface area contributed by atoms with Crippen molar-refractivity contribution in [3.8, 4) is 0 Å². The highest BCUT2D eigenvalue weighted by Gasteiger charge is 2.30. The summed E-state index contributed by atoms with van der Waals surface area (Å²) < 4.78 is 0. The largest absolute Gasteiger partial charge is 0.352 e. The van der Waals surface area contributed by atoms with Crippen LogP contribution in [-0.4, -0.2) is 42.9 Å². The monoisotopic (exact) mass is 393 g/mol. The van der Waals surface area contributed by atoms with E-state index < -0.39 is 0 Å². The second-order valence-electron chi connectivity index (χ2n) is 8.64. The third-order valence-electron chi connectivity index (χ3n) is 6.15. The van der Waals surface area contributed by atoms with E-state index in [1.54, 1.807) is 0 Å². The first kappa shape index (κ1) is 19.9. The Balaban J connectivity index is 1.39. The van der Waals surface area contributed by atoms with Crippen molar-refractivity contribution < 1.29 is 9.59 Å². The third-order valence-corrected chi connectivity index (χ3v) is 6.15. The number of hydrogen-bond acceptors (Lipinski definition) is 3. The van der Waals surface area contributed by atoms with Crippen LogP contribution in [0.3, 0.4) is 0 Å². The molecule has 0 spiro atoms. The molecule has 0 unspecified atom stereocenters. The molecule has 1 saturated heterocycles. The Morgan fingerprint density at radius 2 is 1.72 bits per heavy atom. The molecule has 1 saturated carbocycles. The summed E-state index contributed by atoms with van der Waals surface area (Å²) in [5.74, 6) is 0.843. The van der Waals surface area contributed by atoms with Crippen LogP contribution < -0.4 is 10.6 Å². The normalized spacial score (nSPS) is 18.0. The van der Waals surface area contributed by atoms with Crippen molar-refractivity contribution in [2.24, 2.45) is 11.8 Å². The van der Waals surface area contributed by atoms with Crippen molar-refractivity contribution in [3.63, 3.8) is 0 Å². The highest BCUT2D eigenvalue weighted by Crippen LogP contribution is 2.32. The fourth-order valence-corrected chi connectivity index (χ4v) is 4.00. The molecule has 1 aliphatic heterocycles. The Bertz CT molecular complexity index is 883. The van der Waals surface area contributed by atoms with Crippen molar-refractivity contribution >= 4 is 28.3 Å². The number of benzene rings is 2. The molecule has 5 heteroatoms. The van der Waals surface area contributed by atoms with E-state index in [9.17, 15) is 9.59 Å². The van der Waals surface area contributed by atoms with Gasteiger partial charge in [-0.3, -0.25) is 9.59 Å². The molecule has 29 heavy (non-hydrogen) atoms. The van der Waals surface area contributed by atoms with Crippen molar-refractivity contribution in [1.82, 2.24) is 10.2 Å². The zero-order valence-electron chi connectivity index (χ0n) is 17.2. The molecule has 2 fully saturated rings. The van der Waals surface area contributed by atoms with Gasteiger partial charge in [0.2, 0.25) is 5.91 Å². The van der Waals surface area contributed by atoms with Gasteiger partial charge in [-0.05, 0) is 80.6 Å². The average molecular weight is 394 g/mol. The number of amides is 2. The van der Waals surface area contributed by atoms with Gasteiger partial charge in [-0.2, -0.15) is 0 Å². The Labute approximate surface area is 172 Å². The van der Waals surface area contributed by atoms with Crippen LogP contribution in [0.4, 0.5) is 5.69 Å². The van der Waals surface area contributed by atoms with Crippen molar-refractivity contribution in [2.45, 2.75) is 39.0 Å². The zero-order valence-corrected chi connectivity index (χ0v) is 17.2. The number of rotatable bonds is 7. The van der Waals surface area contributed by atoms with E-state index in [0.29, 0.717) is 17.8 Å². The lowest BCUT2D eigenvalue weighted by atomic mass is 9.99. The molecule has 0 aromatic heterocycles. The standard InChI is InChI=1S/C24H31N3O2/c1-17-9-13-27(14-10-17)12-4-11-25-24(29)21-15-19-5-2-3-6-20(19)16-22(21)26-23(28)18-7-8-18/h2-3,5-6,15-18H,4,7-14H2,1H3,(H,25,29)(H,26,28). The van der Waals surface area contributed by atoms with Gasteiger partial charge in [-0.25, -0.2) is 0 Å². The molecule has 4 rings (SSSR count). The van der Waals surface area contributed by atoms with E-state index in [2.05, 4.69) is 22.5 Å². The number of nitrogens with one attached hydrogen (secondary N) is 2. The summed E-state index contributed by atoms with van der Waals surface area (Å²) in [6.45, 7) is 6.32. The summed E-state index contributed by atoms with van der Waals surface area (Å²) in [6, 6.07) is 11.7. The van der Waals surface area contributed by atoms with Gasteiger partial charge in [-0.15, -0.1) is 0 Å². The minimum Gasteiger partial charge on any atom is -0.352 e. The summed E-state index contributed by atoms with van der Waals surface area (Å²) in [4.78, 5) is 27.7. The van der Waals surface area contributed by atoms with Crippen LogP contribution in [0.25, 0.3) is 10.8 Å². The molecule has 0 radical (unpaired) electrons. The lowest BCUT2D eigenvalue weighted by Crippen LogP contribution is -2.35. The second kappa shape index (κ2) is 8.95. The molecule has 1 aliphatic carbocycles. The van der Waals surface area contributed by atoms with Crippen LogP contribution in [0.1, 0.15) is 49.4 Å². The Morgan fingerprint density at radius 1 is 1.03 bits per heavy atom. The first-order valence-corrected chi connectivity index (χ1v) is 10.9. The maximum atomic E-state index is 12.9. The van der Waals surface area contributed by atoms with Crippen molar-refractivity contribution in [1.29, 1.82) is 0 Å². The summed E-state index contributed by atoms with van der Waals surface area (Å²) >= 11 is 0. The van der Waals surface area contributed by atoms with Gasteiger partial charge in [0.1, 0.15) is 0 Å². The number of anilines is 1. The third kappa shape index (κ3) is 5.15. The Morgan fingerprint density at radius 3 is 2.41 bits per heavy atom. The van der Waals surface area contributed by atoms with Crippen LogP contribution in [-0.2, 0) is 4.79 Å². The Kier molecular flexibility index (Phi) is 6.14. The maximum Gasteiger partial charge on any atom is 0.253 e.